The first kappa shape index (κ1) is 13.3. The summed E-state index contributed by atoms with van der Waals surface area (Å²) in [6.07, 6.45) is 2.22. The lowest BCUT2D eigenvalue weighted by atomic mass is 10.1. The van der Waals surface area contributed by atoms with Crippen molar-refractivity contribution in [3.05, 3.63) is 42.1 Å². The molecule has 100 valence electrons. The van der Waals surface area contributed by atoms with Crippen molar-refractivity contribution in [2.75, 3.05) is 25.6 Å². The minimum Gasteiger partial charge on any atom is -0.439 e. The number of hydrogen-bond acceptors (Lipinski definition) is 5. The molecule has 1 N–H and O–H groups in total. The Balaban J connectivity index is 2.23. The van der Waals surface area contributed by atoms with Crippen LogP contribution in [0.25, 0.3) is 0 Å². The summed E-state index contributed by atoms with van der Waals surface area (Å²) in [6, 6.07) is 9.32. The third kappa shape index (κ3) is 3.42. The molecule has 0 radical (unpaired) electrons. The van der Waals surface area contributed by atoms with E-state index in [2.05, 4.69) is 9.97 Å². The smallest absolute Gasteiger partial charge is 0.228 e. The normalized spacial score (nSPS) is 10.3. The fourth-order valence-electron chi connectivity index (χ4n) is 1.65. The van der Waals surface area contributed by atoms with E-state index in [1.807, 2.05) is 43.3 Å². The molecule has 0 aliphatic rings. The average molecular weight is 259 g/mol. The second-order valence-electron chi connectivity index (χ2n) is 4.27. The number of nitrogens with zero attached hydrogens (tertiary/aromatic N) is 3. The lowest BCUT2D eigenvalue weighted by Gasteiger charge is -2.12. The van der Waals surface area contributed by atoms with E-state index in [1.54, 1.807) is 12.3 Å². The Labute approximate surface area is 112 Å². The van der Waals surface area contributed by atoms with Gasteiger partial charge in [0.1, 0.15) is 5.75 Å². The van der Waals surface area contributed by atoms with Gasteiger partial charge in [-0.1, -0.05) is 18.2 Å². The molecule has 0 unspecified atom stereocenters. The largest absolute Gasteiger partial charge is 0.439 e. The molecule has 1 aromatic carbocycles. The van der Waals surface area contributed by atoms with Crippen LogP contribution in [0.1, 0.15) is 5.56 Å². The number of aliphatic hydroxyl groups excluding tert-OH is 1. The zero-order valence-corrected chi connectivity index (χ0v) is 11.1. The highest BCUT2D eigenvalue weighted by molar-refractivity contribution is 5.37. The Bertz CT molecular complexity index is 544. The average Bonchev–Trinajstić information content (AvgIpc) is 2.41. The molecule has 5 nitrogen and oxygen atoms in total. The first-order valence-corrected chi connectivity index (χ1v) is 6.07. The van der Waals surface area contributed by atoms with Crippen molar-refractivity contribution in [1.82, 2.24) is 9.97 Å². The summed E-state index contributed by atoms with van der Waals surface area (Å²) >= 11 is 0. The molecule has 0 aliphatic heterocycles. The summed E-state index contributed by atoms with van der Waals surface area (Å²) in [5.41, 5.74) is 0.954. The number of benzene rings is 1. The van der Waals surface area contributed by atoms with Crippen molar-refractivity contribution in [2.45, 2.75) is 6.42 Å². The number of ether oxygens (including phenoxy) is 1. The van der Waals surface area contributed by atoms with Crippen LogP contribution in [0.4, 0.5) is 5.95 Å². The van der Waals surface area contributed by atoms with E-state index in [1.165, 1.54) is 0 Å². The van der Waals surface area contributed by atoms with Crippen LogP contribution in [0.2, 0.25) is 0 Å². The molecular weight excluding hydrogens is 242 g/mol. The highest BCUT2D eigenvalue weighted by atomic mass is 16.5. The molecule has 0 aliphatic carbocycles. The summed E-state index contributed by atoms with van der Waals surface area (Å²) in [5, 5.41) is 9.04. The standard InChI is InChI=1S/C14H17N3O2/c1-17(2)14-15-9-7-13(16-14)19-12-6-4-3-5-11(12)8-10-18/h3-7,9,18H,8,10H2,1-2H3. The van der Waals surface area contributed by atoms with Gasteiger partial charge in [0.2, 0.25) is 11.8 Å². The molecule has 0 amide bonds. The number of anilines is 1. The molecule has 2 rings (SSSR count). The van der Waals surface area contributed by atoms with Crippen LogP contribution in [-0.2, 0) is 6.42 Å². The molecule has 1 aromatic heterocycles. The van der Waals surface area contributed by atoms with Crippen molar-refractivity contribution >= 4 is 5.95 Å². The highest BCUT2D eigenvalue weighted by Gasteiger charge is 2.06. The number of aliphatic hydroxyl groups is 1. The second kappa shape index (κ2) is 6.15. The van der Waals surface area contributed by atoms with Gasteiger partial charge >= 0.3 is 0 Å². The minimum absolute atomic E-state index is 0.0904. The number of rotatable bonds is 5. The van der Waals surface area contributed by atoms with Gasteiger partial charge in [-0.15, -0.1) is 0 Å². The Morgan fingerprint density at radius 2 is 2.00 bits per heavy atom. The summed E-state index contributed by atoms with van der Waals surface area (Å²) < 4.78 is 5.76. The minimum atomic E-state index is 0.0904. The molecule has 0 saturated heterocycles. The Hall–Kier alpha value is -2.14. The van der Waals surface area contributed by atoms with E-state index in [9.17, 15) is 0 Å². The van der Waals surface area contributed by atoms with Crippen LogP contribution < -0.4 is 9.64 Å². The topological polar surface area (TPSA) is 58.5 Å². The molecule has 19 heavy (non-hydrogen) atoms. The van der Waals surface area contributed by atoms with E-state index in [0.717, 1.165) is 5.56 Å². The van der Waals surface area contributed by atoms with Crippen LogP contribution in [0, 0.1) is 0 Å². The summed E-state index contributed by atoms with van der Waals surface area (Å²) in [6.45, 7) is 0.0904. The predicted octanol–water partition coefficient (Wildman–Crippen LogP) is 1.87. The zero-order valence-electron chi connectivity index (χ0n) is 11.1. The number of hydrogen-bond donors (Lipinski definition) is 1. The van der Waals surface area contributed by atoms with Gasteiger partial charge in [0.15, 0.2) is 0 Å². The molecular formula is C14H17N3O2. The van der Waals surface area contributed by atoms with E-state index >= 15 is 0 Å². The van der Waals surface area contributed by atoms with Gasteiger partial charge in [-0.05, 0) is 18.1 Å². The third-order valence-electron chi connectivity index (χ3n) is 2.59. The molecule has 0 fully saturated rings. The lowest BCUT2D eigenvalue weighted by molar-refractivity contribution is 0.297. The van der Waals surface area contributed by atoms with Crippen molar-refractivity contribution < 1.29 is 9.84 Å². The first-order valence-electron chi connectivity index (χ1n) is 6.07. The van der Waals surface area contributed by atoms with Crippen LogP contribution in [0.5, 0.6) is 11.6 Å². The van der Waals surface area contributed by atoms with Crippen molar-refractivity contribution in [2.24, 2.45) is 0 Å². The molecule has 0 spiro atoms. The van der Waals surface area contributed by atoms with E-state index in [0.29, 0.717) is 24.0 Å². The van der Waals surface area contributed by atoms with Crippen LogP contribution in [0.3, 0.4) is 0 Å². The van der Waals surface area contributed by atoms with Gasteiger partial charge in [0.05, 0.1) is 0 Å². The van der Waals surface area contributed by atoms with Crippen molar-refractivity contribution in [3.8, 4) is 11.6 Å². The van der Waals surface area contributed by atoms with Crippen LogP contribution in [-0.4, -0.2) is 35.8 Å². The van der Waals surface area contributed by atoms with Gasteiger partial charge in [0.25, 0.3) is 0 Å². The Morgan fingerprint density at radius 1 is 1.21 bits per heavy atom. The fraction of sp³-hybridized carbons (Fsp3) is 0.286. The van der Waals surface area contributed by atoms with E-state index < -0.39 is 0 Å². The maximum atomic E-state index is 9.04. The van der Waals surface area contributed by atoms with Crippen molar-refractivity contribution in [1.29, 1.82) is 0 Å². The summed E-state index contributed by atoms with van der Waals surface area (Å²) in [7, 11) is 3.75. The Morgan fingerprint density at radius 3 is 2.74 bits per heavy atom. The maximum Gasteiger partial charge on any atom is 0.228 e. The molecule has 0 saturated carbocycles. The fourth-order valence-corrected chi connectivity index (χ4v) is 1.65. The monoisotopic (exact) mass is 259 g/mol. The maximum absolute atomic E-state index is 9.04. The summed E-state index contributed by atoms with van der Waals surface area (Å²) in [4.78, 5) is 10.2. The molecule has 0 bridgehead atoms. The Kier molecular flexibility index (Phi) is 4.30. The molecule has 0 atom stereocenters. The van der Waals surface area contributed by atoms with E-state index in [-0.39, 0.29) is 6.61 Å². The first-order chi connectivity index (χ1) is 9.20. The summed E-state index contributed by atoms with van der Waals surface area (Å²) in [5.74, 6) is 1.79. The quantitative estimate of drug-likeness (QED) is 0.888. The molecule has 1 heterocycles. The van der Waals surface area contributed by atoms with Gasteiger partial charge < -0.3 is 14.7 Å². The van der Waals surface area contributed by atoms with Crippen LogP contribution in [0.15, 0.2) is 36.5 Å². The lowest BCUT2D eigenvalue weighted by Crippen LogP contribution is -2.12. The van der Waals surface area contributed by atoms with Gasteiger partial charge in [-0.25, -0.2) is 4.98 Å². The SMILES string of the molecule is CN(C)c1nccc(Oc2ccccc2CCO)n1. The number of para-hydroxylation sites is 1. The van der Waals surface area contributed by atoms with E-state index in [4.69, 9.17) is 9.84 Å². The molecule has 2 aromatic rings. The predicted molar refractivity (Wildman–Crippen MR) is 73.7 cm³/mol. The van der Waals surface area contributed by atoms with Crippen molar-refractivity contribution in [3.63, 3.8) is 0 Å². The van der Waals surface area contributed by atoms with Crippen LogP contribution >= 0.6 is 0 Å². The zero-order chi connectivity index (χ0) is 13.7. The van der Waals surface area contributed by atoms with Gasteiger partial charge in [-0.2, -0.15) is 4.98 Å². The number of aromatic nitrogens is 2. The van der Waals surface area contributed by atoms with Gasteiger partial charge in [-0.3, -0.25) is 0 Å². The molecule has 5 heteroatoms. The third-order valence-corrected chi connectivity index (χ3v) is 2.59. The highest BCUT2D eigenvalue weighted by Crippen LogP contribution is 2.24. The van der Waals surface area contributed by atoms with Gasteiger partial charge in [0, 0.05) is 33.0 Å². The second-order valence-corrected chi connectivity index (χ2v) is 4.27.